The van der Waals surface area contributed by atoms with Crippen LogP contribution in [0.4, 0.5) is 10.1 Å². The lowest BCUT2D eigenvalue weighted by Gasteiger charge is -2.28. The van der Waals surface area contributed by atoms with Crippen molar-refractivity contribution >= 4 is 5.69 Å². The van der Waals surface area contributed by atoms with Crippen molar-refractivity contribution in [3.63, 3.8) is 0 Å². The highest BCUT2D eigenvalue weighted by Crippen LogP contribution is 2.34. The van der Waals surface area contributed by atoms with E-state index in [2.05, 4.69) is 23.8 Å². The molecule has 3 rings (SSSR count). The van der Waals surface area contributed by atoms with Crippen LogP contribution in [0, 0.1) is 5.82 Å². The number of aryl methyl sites for hydroxylation is 1. The highest BCUT2D eigenvalue weighted by molar-refractivity contribution is 5.69. The van der Waals surface area contributed by atoms with Gasteiger partial charge in [0.1, 0.15) is 5.82 Å². The van der Waals surface area contributed by atoms with Gasteiger partial charge in [0, 0.05) is 49.2 Å². The van der Waals surface area contributed by atoms with Crippen molar-refractivity contribution in [2.75, 3.05) is 18.5 Å². The van der Waals surface area contributed by atoms with E-state index in [0.29, 0.717) is 5.56 Å². The Labute approximate surface area is 158 Å². The summed E-state index contributed by atoms with van der Waals surface area (Å²) < 4.78 is 16.3. The minimum absolute atomic E-state index is 0.0907. The first-order valence-corrected chi connectivity index (χ1v) is 10.1. The fraction of sp³-hybridized carbons (Fsp3) is 0.591. The van der Waals surface area contributed by atoms with Crippen LogP contribution in [0.3, 0.4) is 0 Å². The highest BCUT2D eigenvalue weighted by atomic mass is 19.1. The van der Waals surface area contributed by atoms with Crippen molar-refractivity contribution in [3.8, 4) is 11.1 Å². The van der Waals surface area contributed by atoms with Crippen molar-refractivity contribution in [2.24, 2.45) is 7.05 Å². The molecule has 26 heavy (non-hydrogen) atoms. The molecule has 0 fully saturated rings. The SMILES string of the molecule is CCCCCCCC.CN1CCCc2c1ccc(-c1cnn(C)c1)c2F. The van der Waals surface area contributed by atoms with Gasteiger partial charge in [0.2, 0.25) is 0 Å². The Kier molecular flexibility index (Phi) is 8.14. The maximum atomic E-state index is 14.6. The lowest BCUT2D eigenvalue weighted by Crippen LogP contribution is -2.25. The molecule has 0 unspecified atom stereocenters. The topological polar surface area (TPSA) is 21.1 Å². The minimum Gasteiger partial charge on any atom is -0.374 e. The second-order valence-corrected chi connectivity index (χ2v) is 7.27. The average Bonchev–Trinajstić information content (AvgIpc) is 3.07. The first-order chi connectivity index (χ1) is 12.6. The summed E-state index contributed by atoms with van der Waals surface area (Å²) in [5.41, 5.74) is 3.35. The molecular formula is C22H34FN3. The molecule has 0 spiro atoms. The van der Waals surface area contributed by atoms with Crippen LogP contribution in [0.5, 0.6) is 0 Å². The van der Waals surface area contributed by atoms with E-state index in [1.807, 2.05) is 32.4 Å². The molecule has 0 saturated carbocycles. The molecule has 1 aliphatic heterocycles. The van der Waals surface area contributed by atoms with Gasteiger partial charge in [-0.3, -0.25) is 4.68 Å². The lowest BCUT2D eigenvalue weighted by atomic mass is 9.96. The summed E-state index contributed by atoms with van der Waals surface area (Å²) in [4.78, 5) is 2.12. The number of fused-ring (bicyclic) bond motifs is 1. The van der Waals surface area contributed by atoms with Gasteiger partial charge >= 0.3 is 0 Å². The van der Waals surface area contributed by atoms with E-state index in [-0.39, 0.29) is 5.82 Å². The smallest absolute Gasteiger partial charge is 0.136 e. The number of hydrogen-bond donors (Lipinski definition) is 0. The molecule has 0 radical (unpaired) electrons. The minimum atomic E-state index is -0.0907. The predicted octanol–water partition coefficient (Wildman–Crippen LogP) is 5.98. The summed E-state index contributed by atoms with van der Waals surface area (Å²) in [6.07, 6.45) is 13.9. The van der Waals surface area contributed by atoms with Crippen molar-refractivity contribution < 1.29 is 4.39 Å². The molecule has 0 bridgehead atoms. The Hall–Kier alpha value is -1.84. The molecule has 0 amide bonds. The van der Waals surface area contributed by atoms with Crippen molar-refractivity contribution in [1.82, 2.24) is 9.78 Å². The van der Waals surface area contributed by atoms with Gasteiger partial charge in [0.25, 0.3) is 0 Å². The Morgan fingerprint density at radius 3 is 2.31 bits per heavy atom. The van der Waals surface area contributed by atoms with Crippen molar-refractivity contribution in [2.45, 2.75) is 65.2 Å². The number of halogens is 1. The molecule has 0 atom stereocenters. The maximum absolute atomic E-state index is 14.6. The third kappa shape index (κ3) is 5.33. The molecule has 1 aromatic heterocycles. The third-order valence-corrected chi connectivity index (χ3v) is 5.02. The zero-order valence-electron chi connectivity index (χ0n) is 16.9. The van der Waals surface area contributed by atoms with Gasteiger partial charge in [-0.25, -0.2) is 4.39 Å². The molecule has 0 N–H and O–H groups in total. The first kappa shape index (κ1) is 20.5. The van der Waals surface area contributed by atoms with Crippen LogP contribution >= 0.6 is 0 Å². The van der Waals surface area contributed by atoms with Crippen LogP contribution in [0.2, 0.25) is 0 Å². The molecule has 0 aliphatic carbocycles. The zero-order valence-corrected chi connectivity index (χ0v) is 16.9. The quantitative estimate of drug-likeness (QED) is 0.592. The first-order valence-electron chi connectivity index (χ1n) is 10.1. The van der Waals surface area contributed by atoms with E-state index in [4.69, 9.17) is 0 Å². The number of anilines is 1. The fourth-order valence-electron chi connectivity index (χ4n) is 3.46. The summed E-state index contributed by atoms with van der Waals surface area (Å²) in [7, 11) is 3.86. The van der Waals surface area contributed by atoms with Crippen LogP contribution in [-0.4, -0.2) is 23.4 Å². The summed E-state index contributed by atoms with van der Waals surface area (Å²) in [5.74, 6) is -0.0907. The number of hydrogen-bond acceptors (Lipinski definition) is 2. The molecule has 1 aromatic carbocycles. The molecule has 4 heteroatoms. The van der Waals surface area contributed by atoms with Crippen LogP contribution in [0.25, 0.3) is 11.1 Å². The highest BCUT2D eigenvalue weighted by Gasteiger charge is 2.20. The van der Waals surface area contributed by atoms with E-state index in [0.717, 1.165) is 36.2 Å². The molecule has 0 saturated heterocycles. The standard InChI is InChI=1S/C14H16FN3.C8H18/c1-17-7-3-4-12-13(17)6-5-11(14(12)15)10-8-16-18(2)9-10;1-3-5-7-8-6-4-2/h5-6,8-9H,3-4,7H2,1-2H3;3-8H2,1-2H3. The van der Waals surface area contributed by atoms with Crippen molar-refractivity contribution in [1.29, 1.82) is 0 Å². The number of aromatic nitrogens is 2. The summed E-state index contributed by atoms with van der Waals surface area (Å²) in [5, 5.41) is 4.10. The normalized spacial score (nSPS) is 13.2. The number of benzene rings is 1. The monoisotopic (exact) mass is 359 g/mol. The lowest BCUT2D eigenvalue weighted by molar-refractivity contribution is 0.597. The molecule has 3 nitrogen and oxygen atoms in total. The molecular weight excluding hydrogens is 325 g/mol. The van der Waals surface area contributed by atoms with Gasteiger partial charge in [0.15, 0.2) is 0 Å². The molecule has 2 heterocycles. The maximum Gasteiger partial charge on any atom is 0.136 e. The average molecular weight is 360 g/mol. The van der Waals surface area contributed by atoms with Gasteiger partial charge in [-0.15, -0.1) is 0 Å². The van der Waals surface area contributed by atoms with Gasteiger partial charge < -0.3 is 4.90 Å². The number of rotatable bonds is 6. The number of nitrogens with zero attached hydrogens (tertiary/aromatic N) is 3. The Morgan fingerprint density at radius 2 is 1.73 bits per heavy atom. The van der Waals surface area contributed by atoms with Crippen LogP contribution in [0.15, 0.2) is 24.5 Å². The number of unbranched alkanes of at least 4 members (excludes halogenated alkanes) is 5. The van der Waals surface area contributed by atoms with Gasteiger partial charge in [0.05, 0.1) is 6.20 Å². The van der Waals surface area contributed by atoms with Crippen LogP contribution < -0.4 is 4.90 Å². The van der Waals surface area contributed by atoms with Gasteiger partial charge in [-0.05, 0) is 25.0 Å². The van der Waals surface area contributed by atoms with E-state index in [1.165, 1.54) is 38.5 Å². The van der Waals surface area contributed by atoms with E-state index < -0.39 is 0 Å². The summed E-state index contributed by atoms with van der Waals surface area (Å²) >= 11 is 0. The predicted molar refractivity (Wildman–Crippen MR) is 109 cm³/mol. The van der Waals surface area contributed by atoms with E-state index >= 15 is 0 Å². The second-order valence-electron chi connectivity index (χ2n) is 7.27. The largest absolute Gasteiger partial charge is 0.374 e. The Bertz CT molecular complexity index is 672. The van der Waals surface area contributed by atoms with Crippen LogP contribution in [-0.2, 0) is 13.5 Å². The summed E-state index contributed by atoms with van der Waals surface area (Å²) in [6, 6.07) is 3.87. The van der Waals surface area contributed by atoms with Gasteiger partial charge in [-0.2, -0.15) is 5.10 Å². The van der Waals surface area contributed by atoms with E-state index in [9.17, 15) is 4.39 Å². The zero-order chi connectivity index (χ0) is 18.9. The second kappa shape index (κ2) is 10.3. The molecule has 2 aromatic rings. The fourth-order valence-corrected chi connectivity index (χ4v) is 3.46. The Balaban J connectivity index is 0.000000260. The molecule has 1 aliphatic rings. The van der Waals surface area contributed by atoms with Gasteiger partial charge in [-0.1, -0.05) is 52.4 Å². The van der Waals surface area contributed by atoms with Crippen molar-refractivity contribution in [3.05, 3.63) is 35.9 Å². The molecule has 144 valence electrons. The third-order valence-electron chi connectivity index (χ3n) is 5.02. The van der Waals surface area contributed by atoms with E-state index in [1.54, 1.807) is 10.9 Å². The van der Waals surface area contributed by atoms with Crippen LogP contribution in [0.1, 0.15) is 64.4 Å². The summed E-state index contributed by atoms with van der Waals surface area (Å²) in [6.45, 7) is 5.51. The Morgan fingerprint density at radius 1 is 1.04 bits per heavy atom.